The maximum Gasteiger partial charge on any atom is 0.197 e. The molecule has 1 heterocycles. The summed E-state index contributed by atoms with van der Waals surface area (Å²) < 4.78 is 20.2. The highest BCUT2D eigenvalue weighted by atomic mass is 31.2. The van der Waals surface area contributed by atoms with Gasteiger partial charge in [-0.05, 0) is 18.4 Å². The summed E-state index contributed by atoms with van der Waals surface area (Å²) in [5.41, 5.74) is 0.226. The average molecular weight is 380 g/mol. The molecule has 2 atom stereocenters. The van der Waals surface area contributed by atoms with Gasteiger partial charge in [0.15, 0.2) is 31.1 Å². The molecule has 1 aliphatic rings. The van der Waals surface area contributed by atoms with Crippen molar-refractivity contribution < 1.29 is 18.5 Å². The molecule has 0 saturated heterocycles. The highest BCUT2D eigenvalue weighted by Gasteiger charge is 2.71. The van der Waals surface area contributed by atoms with E-state index in [0.717, 1.165) is 12.0 Å². The minimum absolute atomic E-state index is 0.0663. The number of hydrogen-bond donors (Lipinski definition) is 0. The second kappa shape index (κ2) is 6.27. The van der Waals surface area contributed by atoms with E-state index >= 15 is 0 Å². The van der Waals surface area contributed by atoms with Crippen LogP contribution < -0.4 is 4.57 Å². The molecule has 0 N–H and O–H groups in total. The Balaban J connectivity index is 2.55. The fourth-order valence-electron chi connectivity index (χ4n) is 4.56. The van der Waals surface area contributed by atoms with Gasteiger partial charge in [-0.2, -0.15) is 4.57 Å². The maximum absolute atomic E-state index is 12.2. The van der Waals surface area contributed by atoms with Gasteiger partial charge in [0.1, 0.15) is 0 Å². The van der Waals surface area contributed by atoms with Crippen molar-refractivity contribution in [2.24, 2.45) is 16.2 Å². The number of Topliss-reactive ketones (excluding diaryl/α,β-unsaturated/α-hetero) is 1. The predicted molar refractivity (Wildman–Crippen MR) is 106 cm³/mol. The van der Waals surface area contributed by atoms with Crippen LogP contribution in [0, 0.1) is 16.2 Å². The summed E-state index contributed by atoms with van der Waals surface area (Å²) in [5.74, 6) is 0.0713. The largest absolute Gasteiger partial charge is 0.328 e. The Morgan fingerprint density at radius 2 is 1.73 bits per heavy atom. The van der Waals surface area contributed by atoms with E-state index in [1.807, 2.05) is 18.3 Å². The lowest BCUT2D eigenvalue weighted by Gasteiger charge is -2.46. The molecule has 5 heteroatoms. The lowest BCUT2D eigenvalue weighted by Crippen LogP contribution is -2.61. The van der Waals surface area contributed by atoms with E-state index in [0.29, 0.717) is 6.61 Å². The van der Waals surface area contributed by atoms with Crippen molar-refractivity contribution in [3.8, 4) is 0 Å². The van der Waals surface area contributed by atoms with Crippen LogP contribution >= 0.6 is 7.37 Å². The van der Waals surface area contributed by atoms with E-state index < -0.39 is 7.37 Å². The summed E-state index contributed by atoms with van der Waals surface area (Å²) in [6, 6.07) is 3.81. The van der Waals surface area contributed by atoms with Gasteiger partial charge in [0.25, 0.3) is 0 Å². The molecule has 0 aromatic carbocycles. The Kier molecular flexibility index (Phi) is 5.14. The van der Waals surface area contributed by atoms with Crippen molar-refractivity contribution in [3.05, 3.63) is 30.1 Å². The molecule has 2 rings (SSSR count). The van der Waals surface area contributed by atoms with Crippen LogP contribution in [-0.4, -0.2) is 25.7 Å². The molecule has 0 amide bonds. The number of hydrogen-bond acceptors (Lipinski definition) is 3. The van der Waals surface area contributed by atoms with E-state index in [1.165, 1.54) is 0 Å². The summed E-state index contributed by atoms with van der Waals surface area (Å²) in [4.78, 5) is 11.9. The minimum atomic E-state index is -2.55. The van der Waals surface area contributed by atoms with Crippen LogP contribution in [-0.2, 0) is 14.6 Å². The fourth-order valence-corrected chi connectivity index (χ4v) is 5.16. The van der Waals surface area contributed by atoms with Crippen molar-refractivity contribution in [1.29, 1.82) is 0 Å². The molecule has 1 saturated carbocycles. The third kappa shape index (κ3) is 3.20. The van der Waals surface area contributed by atoms with Gasteiger partial charge < -0.3 is 4.52 Å². The van der Waals surface area contributed by atoms with Crippen LogP contribution in [0.25, 0.3) is 0 Å². The standard InChI is InChI=1S/C21H35NO3P/c1-16(23)17-11-10-12-22(13-17)21(7)14-20(6,15-25-26(8,9)24)18(2,3)19(21,4)5/h10-13H,14-15H2,1-9H3/q+1/t20-,21?/m1/s1. The van der Waals surface area contributed by atoms with Gasteiger partial charge in [0.05, 0.1) is 12.2 Å². The second-order valence-corrected chi connectivity index (χ2v) is 12.6. The van der Waals surface area contributed by atoms with Gasteiger partial charge in [-0.1, -0.05) is 34.6 Å². The van der Waals surface area contributed by atoms with Crippen molar-refractivity contribution in [2.45, 2.75) is 60.4 Å². The maximum atomic E-state index is 12.2. The lowest BCUT2D eigenvalue weighted by molar-refractivity contribution is -0.775. The van der Waals surface area contributed by atoms with Crippen molar-refractivity contribution >= 4 is 13.2 Å². The molecule has 0 bridgehead atoms. The molecule has 26 heavy (non-hydrogen) atoms. The first kappa shape index (κ1) is 21.3. The first-order valence-electron chi connectivity index (χ1n) is 9.30. The monoisotopic (exact) mass is 380 g/mol. The first-order chi connectivity index (χ1) is 11.6. The van der Waals surface area contributed by atoms with E-state index in [4.69, 9.17) is 4.52 Å². The number of nitrogens with zero attached hydrogens (tertiary/aromatic N) is 1. The van der Waals surface area contributed by atoms with Crippen LogP contribution in [0.5, 0.6) is 0 Å². The van der Waals surface area contributed by atoms with Crippen LogP contribution in [0.2, 0.25) is 0 Å². The summed E-state index contributed by atoms with van der Waals surface area (Å²) in [7, 11) is -2.55. The number of pyridine rings is 1. The molecular formula is C21H35NO3P+. The van der Waals surface area contributed by atoms with Crippen LogP contribution in [0.15, 0.2) is 24.5 Å². The number of ketones is 1. The summed E-state index contributed by atoms with van der Waals surface area (Å²) in [5, 5.41) is 0. The summed E-state index contributed by atoms with van der Waals surface area (Å²) >= 11 is 0. The predicted octanol–water partition coefficient (Wildman–Crippen LogP) is 4.91. The molecule has 1 aromatic rings. The molecule has 1 aromatic heterocycles. The van der Waals surface area contributed by atoms with Crippen molar-refractivity contribution in [3.63, 3.8) is 0 Å². The molecule has 1 unspecified atom stereocenters. The minimum Gasteiger partial charge on any atom is -0.328 e. The molecular weight excluding hydrogens is 345 g/mol. The van der Waals surface area contributed by atoms with Crippen molar-refractivity contribution in [2.75, 3.05) is 19.9 Å². The SMILES string of the molecule is CC(=O)c1ccc[n+](C2(C)C[C@](C)(COP(C)(C)=O)C(C)(C)C2(C)C)c1. The second-order valence-electron chi connectivity index (χ2n) is 9.84. The molecule has 0 aliphatic heterocycles. The van der Waals surface area contributed by atoms with E-state index in [9.17, 15) is 9.36 Å². The van der Waals surface area contributed by atoms with Crippen LogP contribution in [0.4, 0.5) is 0 Å². The van der Waals surface area contributed by atoms with Crippen LogP contribution in [0.1, 0.15) is 65.2 Å². The third-order valence-electron chi connectivity index (χ3n) is 7.62. The molecule has 0 spiro atoms. The van der Waals surface area contributed by atoms with E-state index in [1.54, 1.807) is 20.3 Å². The molecule has 4 nitrogen and oxygen atoms in total. The average Bonchev–Trinajstić information content (AvgIpc) is 2.61. The van der Waals surface area contributed by atoms with Gasteiger partial charge in [0.2, 0.25) is 0 Å². The topological polar surface area (TPSA) is 47.2 Å². The molecule has 1 fully saturated rings. The van der Waals surface area contributed by atoms with Gasteiger partial charge in [-0.3, -0.25) is 9.36 Å². The smallest absolute Gasteiger partial charge is 0.197 e. The Bertz CT molecular complexity index is 764. The first-order valence-corrected chi connectivity index (χ1v) is 11.8. The van der Waals surface area contributed by atoms with E-state index in [-0.39, 0.29) is 27.6 Å². The molecule has 0 radical (unpaired) electrons. The number of aromatic nitrogens is 1. The fraction of sp³-hybridized carbons (Fsp3) is 0.714. The zero-order valence-electron chi connectivity index (χ0n) is 17.8. The summed E-state index contributed by atoms with van der Waals surface area (Å²) in [6.07, 6.45) is 4.91. The van der Waals surface area contributed by atoms with Gasteiger partial charge in [-0.15, -0.1) is 0 Å². The summed E-state index contributed by atoms with van der Waals surface area (Å²) in [6.45, 7) is 19.1. The Labute approximate surface area is 158 Å². The molecule has 146 valence electrons. The third-order valence-corrected chi connectivity index (χ3v) is 8.37. The van der Waals surface area contributed by atoms with Gasteiger partial charge in [0, 0.05) is 43.6 Å². The van der Waals surface area contributed by atoms with E-state index in [2.05, 4.69) is 52.3 Å². The molecule has 1 aliphatic carbocycles. The van der Waals surface area contributed by atoms with Crippen LogP contribution in [0.3, 0.4) is 0 Å². The number of carbonyl (C=O) groups is 1. The van der Waals surface area contributed by atoms with Crippen molar-refractivity contribution in [1.82, 2.24) is 0 Å². The zero-order chi connectivity index (χ0) is 20.2. The highest BCUT2D eigenvalue weighted by molar-refractivity contribution is 7.57. The number of rotatable bonds is 5. The quantitative estimate of drug-likeness (QED) is 0.414. The van der Waals surface area contributed by atoms with Gasteiger partial charge in [-0.25, -0.2) is 0 Å². The Morgan fingerprint density at radius 3 is 2.23 bits per heavy atom. The zero-order valence-corrected chi connectivity index (χ0v) is 18.7. The Hall–Kier alpha value is -0.990. The normalized spacial score (nSPS) is 30.3. The van der Waals surface area contributed by atoms with Gasteiger partial charge >= 0.3 is 0 Å². The highest BCUT2D eigenvalue weighted by Crippen LogP contribution is 2.68. The lowest BCUT2D eigenvalue weighted by atomic mass is 9.58. The Morgan fingerprint density at radius 1 is 1.15 bits per heavy atom. The number of carbonyl (C=O) groups excluding carboxylic acids is 1.